The van der Waals surface area contributed by atoms with E-state index in [9.17, 15) is 23.6 Å². The van der Waals surface area contributed by atoms with Gasteiger partial charge in [0.15, 0.2) is 0 Å². The van der Waals surface area contributed by atoms with Gasteiger partial charge in [0.05, 0.1) is 22.1 Å². The molecule has 2 aromatic carbocycles. The minimum atomic E-state index is -3.85. The third kappa shape index (κ3) is 4.15. The zero-order chi connectivity index (χ0) is 17.7. The Hall–Kier alpha value is -2.78. The van der Waals surface area contributed by atoms with E-state index < -0.39 is 15.0 Å². The molecule has 126 valence electrons. The standard InChI is InChI=1S/C15H14N2O6S/c1-2-23-24(21,22)14-5-3-4-12(9-14)16-10-11-8-13(17(19)20)6-7-15(11)18/h3-10,18H,2H2,1H3. The van der Waals surface area contributed by atoms with Crippen LogP contribution >= 0.6 is 0 Å². The molecule has 0 bridgehead atoms. The molecule has 0 amide bonds. The van der Waals surface area contributed by atoms with Crippen molar-refractivity contribution in [1.82, 2.24) is 0 Å². The highest BCUT2D eigenvalue weighted by Crippen LogP contribution is 2.23. The first-order valence-electron chi connectivity index (χ1n) is 6.84. The van der Waals surface area contributed by atoms with Crippen LogP contribution < -0.4 is 0 Å². The van der Waals surface area contributed by atoms with Crippen LogP contribution in [0.2, 0.25) is 0 Å². The van der Waals surface area contributed by atoms with E-state index in [1.54, 1.807) is 13.0 Å². The number of aromatic hydroxyl groups is 1. The average molecular weight is 350 g/mol. The molecular weight excluding hydrogens is 336 g/mol. The summed E-state index contributed by atoms with van der Waals surface area (Å²) in [5.41, 5.74) is 0.242. The lowest BCUT2D eigenvalue weighted by Gasteiger charge is -2.04. The molecule has 24 heavy (non-hydrogen) atoms. The van der Waals surface area contributed by atoms with E-state index in [2.05, 4.69) is 4.99 Å². The van der Waals surface area contributed by atoms with Crippen molar-refractivity contribution in [2.24, 2.45) is 4.99 Å². The second kappa shape index (κ2) is 7.20. The zero-order valence-corrected chi connectivity index (χ0v) is 13.4. The van der Waals surface area contributed by atoms with Crippen LogP contribution in [0.25, 0.3) is 0 Å². The molecule has 2 aromatic rings. The zero-order valence-electron chi connectivity index (χ0n) is 12.6. The number of nitrogens with zero attached hydrogens (tertiary/aromatic N) is 2. The highest BCUT2D eigenvalue weighted by atomic mass is 32.2. The summed E-state index contributed by atoms with van der Waals surface area (Å²) in [7, 11) is -3.85. The Bertz CT molecular complexity index is 893. The van der Waals surface area contributed by atoms with Gasteiger partial charge in [-0.3, -0.25) is 19.3 Å². The highest BCUT2D eigenvalue weighted by Gasteiger charge is 2.14. The number of hydrogen-bond donors (Lipinski definition) is 1. The molecule has 1 N–H and O–H groups in total. The minimum absolute atomic E-state index is 0.0113. The Balaban J connectivity index is 2.34. The molecule has 0 atom stereocenters. The molecule has 0 aliphatic heterocycles. The Kier molecular flexibility index (Phi) is 5.27. The quantitative estimate of drug-likeness (QED) is 0.370. The number of nitro groups is 1. The molecule has 0 saturated heterocycles. The summed E-state index contributed by atoms with van der Waals surface area (Å²) in [5.74, 6) is -0.178. The van der Waals surface area contributed by atoms with E-state index in [0.29, 0.717) is 5.69 Å². The summed E-state index contributed by atoms with van der Waals surface area (Å²) in [5, 5.41) is 20.5. The van der Waals surface area contributed by atoms with Crippen LogP contribution in [0.1, 0.15) is 12.5 Å². The summed E-state index contributed by atoms with van der Waals surface area (Å²) in [6.45, 7) is 1.57. The predicted octanol–water partition coefficient (Wildman–Crippen LogP) is 2.78. The summed E-state index contributed by atoms with van der Waals surface area (Å²) < 4.78 is 28.4. The summed E-state index contributed by atoms with van der Waals surface area (Å²) in [4.78, 5) is 14.2. The third-order valence-corrected chi connectivity index (χ3v) is 4.33. The fraction of sp³-hybridized carbons (Fsp3) is 0.133. The van der Waals surface area contributed by atoms with Crippen molar-refractivity contribution in [3.8, 4) is 5.75 Å². The smallest absolute Gasteiger partial charge is 0.297 e. The van der Waals surface area contributed by atoms with Crippen molar-refractivity contribution in [3.63, 3.8) is 0 Å². The van der Waals surface area contributed by atoms with Crippen molar-refractivity contribution in [2.45, 2.75) is 11.8 Å². The molecule has 0 radical (unpaired) electrons. The van der Waals surface area contributed by atoms with Gasteiger partial charge in [0.1, 0.15) is 5.75 Å². The van der Waals surface area contributed by atoms with Crippen LogP contribution in [0, 0.1) is 10.1 Å². The molecule has 0 unspecified atom stereocenters. The maximum absolute atomic E-state index is 11.8. The lowest BCUT2D eigenvalue weighted by molar-refractivity contribution is -0.384. The molecule has 0 fully saturated rings. The van der Waals surface area contributed by atoms with Gasteiger partial charge in [0.25, 0.3) is 15.8 Å². The predicted molar refractivity (Wildman–Crippen MR) is 87.3 cm³/mol. The molecule has 2 rings (SSSR count). The van der Waals surface area contributed by atoms with Crippen molar-refractivity contribution in [3.05, 3.63) is 58.1 Å². The SMILES string of the molecule is CCOS(=O)(=O)c1cccc(N=Cc2cc([N+](=O)[O-])ccc2O)c1. The van der Waals surface area contributed by atoms with Gasteiger partial charge in [0, 0.05) is 23.9 Å². The fourth-order valence-electron chi connectivity index (χ4n) is 1.85. The fourth-order valence-corrected chi connectivity index (χ4v) is 2.80. The first kappa shape index (κ1) is 17.6. The maximum Gasteiger partial charge on any atom is 0.297 e. The van der Waals surface area contributed by atoms with Crippen LogP contribution in [0.5, 0.6) is 5.75 Å². The van der Waals surface area contributed by atoms with Crippen molar-refractivity contribution >= 4 is 27.7 Å². The second-order valence-corrected chi connectivity index (χ2v) is 6.23. The van der Waals surface area contributed by atoms with E-state index in [4.69, 9.17) is 4.18 Å². The molecule has 0 aliphatic rings. The van der Waals surface area contributed by atoms with Crippen molar-refractivity contribution < 1.29 is 22.6 Å². The van der Waals surface area contributed by atoms with Gasteiger partial charge in [-0.2, -0.15) is 8.42 Å². The van der Waals surface area contributed by atoms with E-state index in [0.717, 1.165) is 0 Å². The normalized spacial score (nSPS) is 11.7. The number of phenolic OH excluding ortho intramolecular Hbond substituents is 1. The Labute approximate surface area is 138 Å². The number of hydrogen-bond acceptors (Lipinski definition) is 7. The number of rotatable bonds is 6. The van der Waals surface area contributed by atoms with Crippen LogP contribution in [0.4, 0.5) is 11.4 Å². The molecule has 0 saturated carbocycles. The number of phenols is 1. The van der Waals surface area contributed by atoms with Crippen LogP contribution in [-0.2, 0) is 14.3 Å². The maximum atomic E-state index is 11.8. The van der Waals surface area contributed by atoms with Crippen LogP contribution in [0.15, 0.2) is 52.4 Å². The molecule has 0 aromatic heterocycles. The number of benzene rings is 2. The topological polar surface area (TPSA) is 119 Å². The van der Waals surface area contributed by atoms with Gasteiger partial charge >= 0.3 is 0 Å². The third-order valence-electron chi connectivity index (χ3n) is 2.95. The molecule has 0 spiro atoms. The molecular formula is C15H14N2O6S. The Morgan fingerprint density at radius 3 is 2.71 bits per heavy atom. The number of aliphatic imine (C=N–C) groups is 1. The summed E-state index contributed by atoms with van der Waals surface area (Å²) in [6, 6.07) is 9.24. The molecule has 0 aliphatic carbocycles. The minimum Gasteiger partial charge on any atom is -0.507 e. The molecule has 8 nitrogen and oxygen atoms in total. The van der Waals surface area contributed by atoms with Gasteiger partial charge in [-0.05, 0) is 31.2 Å². The lowest BCUT2D eigenvalue weighted by Crippen LogP contribution is -2.05. The lowest BCUT2D eigenvalue weighted by atomic mass is 10.2. The highest BCUT2D eigenvalue weighted by molar-refractivity contribution is 7.86. The van der Waals surface area contributed by atoms with Crippen molar-refractivity contribution in [2.75, 3.05) is 6.61 Å². The van der Waals surface area contributed by atoms with Gasteiger partial charge in [-0.1, -0.05) is 6.07 Å². The van der Waals surface area contributed by atoms with Crippen LogP contribution in [-0.4, -0.2) is 31.3 Å². The van der Waals surface area contributed by atoms with E-state index in [-0.39, 0.29) is 28.5 Å². The van der Waals surface area contributed by atoms with E-state index in [1.807, 2.05) is 0 Å². The summed E-state index contributed by atoms with van der Waals surface area (Å²) >= 11 is 0. The van der Waals surface area contributed by atoms with Gasteiger partial charge in [0.2, 0.25) is 0 Å². The van der Waals surface area contributed by atoms with Gasteiger partial charge < -0.3 is 5.11 Å². The summed E-state index contributed by atoms with van der Waals surface area (Å²) in [6.07, 6.45) is 1.22. The molecule has 0 heterocycles. The van der Waals surface area contributed by atoms with Crippen molar-refractivity contribution in [1.29, 1.82) is 0 Å². The Morgan fingerprint density at radius 1 is 1.29 bits per heavy atom. The van der Waals surface area contributed by atoms with Crippen LogP contribution in [0.3, 0.4) is 0 Å². The van der Waals surface area contributed by atoms with Gasteiger partial charge in [-0.15, -0.1) is 0 Å². The number of nitro benzene ring substituents is 1. The number of non-ortho nitro benzene ring substituents is 1. The second-order valence-electron chi connectivity index (χ2n) is 4.62. The monoisotopic (exact) mass is 350 g/mol. The van der Waals surface area contributed by atoms with E-state index >= 15 is 0 Å². The first-order chi connectivity index (χ1) is 11.3. The molecule has 9 heteroatoms. The van der Waals surface area contributed by atoms with Gasteiger partial charge in [-0.25, -0.2) is 0 Å². The average Bonchev–Trinajstić information content (AvgIpc) is 2.54. The first-order valence-corrected chi connectivity index (χ1v) is 8.25. The van der Waals surface area contributed by atoms with E-state index in [1.165, 1.54) is 42.6 Å². The Morgan fingerprint density at radius 2 is 2.04 bits per heavy atom. The largest absolute Gasteiger partial charge is 0.507 e.